The number of aliphatic hydroxyl groups is 1. The molecule has 0 saturated carbocycles. The summed E-state index contributed by atoms with van der Waals surface area (Å²) in [5.74, 6) is -0.664. The van der Waals surface area contributed by atoms with Gasteiger partial charge in [-0.3, -0.25) is 0 Å². The summed E-state index contributed by atoms with van der Waals surface area (Å²) in [6, 6.07) is 3.61. The number of hydrogen-bond acceptors (Lipinski definition) is 3. The van der Waals surface area contributed by atoms with Gasteiger partial charge >= 0.3 is 6.18 Å². The quantitative estimate of drug-likeness (QED) is 0.800. The minimum Gasteiger partial charge on any atom is -0.490 e. The molecule has 1 aromatic rings. The molecule has 0 saturated heterocycles. The SMILES string of the molecule is CNCc1cc(F)cc(OCC(O)C(F)(F)F)c1. The first-order valence-electron chi connectivity index (χ1n) is 5.14. The van der Waals surface area contributed by atoms with E-state index in [9.17, 15) is 17.6 Å². The largest absolute Gasteiger partial charge is 0.490 e. The standard InChI is InChI=1S/C11H13F4NO2/c1-16-5-7-2-8(12)4-9(3-7)18-6-10(17)11(13,14)15/h2-4,10,16-17H,5-6H2,1H3. The summed E-state index contributed by atoms with van der Waals surface area (Å²) in [5, 5.41) is 11.5. The number of alkyl halides is 3. The van der Waals surface area contributed by atoms with Crippen molar-refractivity contribution in [2.45, 2.75) is 18.8 Å². The summed E-state index contributed by atoms with van der Waals surface area (Å²) in [7, 11) is 1.65. The first kappa shape index (κ1) is 14.7. The third-order valence-corrected chi connectivity index (χ3v) is 2.10. The van der Waals surface area contributed by atoms with Gasteiger partial charge in [0.2, 0.25) is 0 Å². The summed E-state index contributed by atoms with van der Waals surface area (Å²) in [6.07, 6.45) is -7.34. The lowest BCUT2D eigenvalue weighted by molar-refractivity contribution is -0.210. The summed E-state index contributed by atoms with van der Waals surface area (Å²) < 4.78 is 53.9. The van der Waals surface area contributed by atoms with Crippen LogP contribution in [0.25, 0.3) is 0 Å². The minimum atomic E-state index is -4.75. The second-order valence-electron chi connectivity index (χ2n) is 3.69. The second-order valence-corrected chi connectivity index (χ2v) is 3.69. The molecule has 3 nitrogen and oxygen atoms in total. The predicted molar refractivity (Wildman–Crippen MR) is 56.7 cm³/mol. The van der Waals surface area contributed by atoms with Crippen molar-refractivity contribution in [3.8, 4) is 5.75 Å². The lowest BCUT2D eigenvalue weighted by atomic mass is 10.2. The van der Waals surface area contributed by atoms with Crippen molar-refractivity contribution < 1.29 is 27.4 Å². The predicted octanol–water partition coefficient (Wildman–Crippen LogP) is 1.85. The molecule has 1 aromatic carbocycles. The highest BCUT2D eigenvalue weighted by Gasteiger charge is 2.38. The Bertz CT molecular complexity index is 395. The van der Waals surface area contributed by atoms with Gasteiger partial charge in [-0.05, 0) is 24.7 Å². The molecule has 0 amide bonds. The van der Waals surface area contributed by atoms with Crippen LogP contribution in [0.2, 0.25) is 0 Å². The number of hydrogen-bond donors (Lipinski definition) is 2. The summed E-state index contributed by atoms with van der Waals surface area (Å²) in [5.41, 5.74) is 0.536. The van der Waals surface area contributed by atoms with Crippen molar-refractivity contribution in [1.29, 1.82) is 0 Å². The van der Waals surface area contributed by atoms with Crippen molar-refractivity contribution >= 4 is 0 Å². The lowest BCUT2D eigenvalue weighted by Gasteiger charge is -2.15. The van der Waals surface area contributed by atoms with Crippen LogP contribution in [0.5, 0.6) is 5.75 Å². The summed E-state index contributed by atoms with van der Waals surface area (Å²) >= 11 is 0. The minimum absolute atomic E-state index is 0.0523. The van der Waals surface area contributed by atoms with Gasteiger partial charge in [0.15, 0.2) is 6.10 Å². The first-order chi connectivity index (χ1) is 8.32. The maximum atomic E-state index is 13.1. The Kier molecular flexibility index (Phi) is 4.92. The van der Waals surface area contributed by atoms with Crippen LogP contribution in [-0.4, -0.2) is 31.0 Å². The average Bonchev–Trinajstić information content (AvgIpc) is 2.24. The van der Waals surface area contributed by atoms with Crippen molar-refractivity contribution in [2.24, 2.45) is 0 Å². The fourth-order valence-corrected chi connectivity index (χ4v) is 1.28. The third kappa shape index (κ3) is 4.50. The van der Waals surface area contributed by atoms with Gasteiger partial charge in [0.05, 0.1) is 0 Å². The maximum absolute atomic E-state index is 13.1. The molecular weight excluding hydrogens is 254 g/mol. The lowest BCUT2D eigenvalue weighted by Crippen LogP contribution is -2.34. The molecule has 7 heteroatoms. The van der Waals surface area contributed by atoms with Gasteiger partial charge in [0.25, 0.3) is 0 Å². The van der Waals surface area contributed by atoms with Crippen molar-refractivity contribution in [3.63, 3.8) is 0 Å². The van der Waals surface area contributed by atoms with Crippen molar-refractivity contribution in [3.05, 3.63) is 29.6 Å². The Morgan fingerprint density at radius 3 is 2.56 bits per heavy atom. The molecule has 2 N–H and O–H groups in total. The van der Waals surface area contributed by atoms with E-state index in [2.05, 4.69) is 5.32 Å². The molecule has 1 rings (SSSR count). The van der Waals surface area contributed by atoms with Crippen LogP contribution < -0.4 is 10.1 Å². The smallest absolute Gasteiger partial charge is 0.417 e. The van der Waals surface area contributed by atoms with E-state index in [0.29, 0.717) is 12.1 Å². The highest BCUT2D eigenvalue weighted by Crippen LogP contribution is 2.22. The fraction of sp³-hybridized carbons (Fsp3) is 0.455. The molecule has 0 aliphatic heterocycles. The Labute approximate surface area is 101 Å². The van der Waals surface area contributed by atoms with Crippen molar-refractivity contribution in [2.75, 3.05) is 13.7 Å². The topological polar surface area (TPSA) is 41.5 Å². The van der Waals surface area contributed by atoms with E-state index < -0.39 is 24.7 Å². The van der Waals surface area contributed by atoms with Gasteiger partial charge in [0.1, 0.15) is 18.2 Å². The molecule has 0 radical (unpaired) electrons. The number of halogens is 4. The van der Waals surface area contributed by atoms with Crippen LogP contribution in [-0.2, 0) is 6.54 Å². The van der Waals surface area contributed by atoms with Crippen LogP contribution in [0.3, 0.4) is 0 Å². The molecule has 0 spiro atoms. The molecule has 102 valence electrons. The Morgan fingerprint density at radius 1 is 1.33 bits per heavy atom. The van der Waals surface area contributed by atoms with Crippen LogP contribution >= 0.6 is 0 Å². The Hall–Kier alpha value is -1.34. The zero-order valence-electron chi connectivity index (χ0n) is 9.59. The first-order valence-corrected chi connectivity index (χ1v) is 5.14. The number of rotatable bonds is 5. The molecule has 0 aliphatic carbocycles. The molecular formula is C11H13F4NO2. The van der Waals surface area contributed by atoms with E-state index in [4.69, 9.17) is 9.84 Å². The zero-order chi connectivity index (χ0) is 13.8. The average molecular weight is 267 g/mol. The van der Waals surface area contributed by atoms with Crippen LogP contribution in [0, 0.1) is 5.82 Å². The van der Waals surface area contributed by atoms with Gasteiger partial charge in [-0.25, -0.2) is 4.39 Å². The highest BCUT2D eigenvalue weighted by molar-refractivity contribution is 5.29. The maximum Gasteiger partial charge on any atom is 0.417 e. The van der Waals surface area contributed by atoms with Crippen LogP contribution in [0.1, 0.15) is 5.56 Å². The normalized spacial score (nSPS) is 13.4. The van der Waals surface area contributed by atoms with E-state index in [0.717, 1.165) is 6.07 Å². The molecule has 1 atom stereocenters. The van der Waals surface area contributed by atoms with Crippen LogP contribution in [0.4, 0.5) is 17.6 Å². The summed E-state index contributed by atoms with van der Waals surface area (Å²) in [6.45, 7) is -0.609. The third-order valence-electron chi connectivity index (χ3n) is 2.10. The fourth-order valence-electron chi connectivity index (χ4n) is 1.28. The number of nitrogens with one attached hydrogen (secondary N) is 1. The van der Waals surface area contributed by atoms with Gasteiger partial charge in [-0.15, -0.1) is 0 Å². The van der Waals surface area contributed by atoms with E-state index in [1.54, 1.807) is 7.05 Å². The monoisotopic (exact) mass is 267 g/mol. The number of aliphatic hydroxyl groups excluding tert-OH is 1. The van der Waals surface area contributed by atoms with Gasteiger partial charge < -0.3 is 15.2 Å². The Morgan fingerprint density at radius 2 is 2.00 bits per heavy atom. The van der Waals surface area contributed by atoms with E-state index in [-0.39, 0.29) is 5.75 Å². The molecule has 0 fully saturated rings. The molecule has 1 unspecified atom stereocenters. The number of ether oxygens (including phenoxy) is 1. The molecule has 0 bridgehead atoms. The van der Waals surface area contributed by atoms with E-state index in [1.165, 1.54) is 12.1 Å². The van der Waals surface area contributed by atoms with Gasteiger partial charge in [-0.1, -0.05) is 0 Å². The molecule has 18 heavy (non-hydrogen) atoms. The number of benzene rings is 1. The van der Waals surface area contributed by atoms with Crippen molar-refractivity contribution in [1.82, 2.24) is 5.32 Å². The zero-order valence-corrected chi connectivity index (χ0v) is 9.59. The van der Waals surface area contributed by atoms with E-state index >= 15 is 0 Å². The second kappa shape index (κ2) is 6.01. The van der Waals surface area contributed by atoms with Gasteiger partial charge in [-0.2, -0.15) is 13.2 Å². The molecule has 0 heterocycles. The molecule has 0 aromatic heterocycles. The van der Waals surface area contributed by atoms with Crippen LogP contribution in [0.15, 0.2) is 18.2 Å². The van der Waals surface area contributed by atoms with Gasteiger partial charge in [0, 0.05) is 12.6 Å². The molecule has 0 aliphatic rings. The highest BCUT2D eigenvalue weighted by atomic mass is 19.4. The summed E-state index contributed by atoms with van der Waals surface area (Å²) in [4.78, 5) is 0. The van der Waals surface area contributed by atoms with E-state index in [1.807, 2.05) is 0 Å². The Balaban J connectivity index is 2.67.